The predicted octanol–water partition coefficient (Wildman–Crippen LogP) is 3.81. The average Bonchev–Trinajstić information content (AvgIpc) is 3.37. The van der Waals surface area contributed by atoms with E-state index in [1.165, 1.54) is 38.9 Å². The topological polar surface area (TPSA) is 75.7 Å². The van der Waals surface area contributed by atoms with Gasteiger partial charge in [-0.05, 0) is 81.9 Å². The Labute approximate surface area is 180 Å². The van der Waals surface area contributed by atoms with Crippen LogP contribution in [0.1, 0.15) is 69.2 Å². The van der Waals surface area contributed by atoms with E-state index in [0.29, 0.717) is 18.0 Å². The maximum Gasteiger partial charge on any atom is 0.251 e. The van der Waals surface area contributed by atoms with Gasteiger partial charge in [-0.1, -0.05) is 12.8 Å². The van der Waals surface area contributed by atoms with Crippen molar-refractivity contribution in [1.82, 2.24) is 9.62 Å². The van der Waals surface area contributed by atoms with Gasteiger partial charge in [-0.3, -0.25) is 4.79 Å². The Morgan fingerprint density at radius 1 is 1.20 bits per heavy atom. The Balaban J connectivity index is 1.55. The van der Waals surface area contributed by atoms with Gasteiger partial charge in [-0.25, -0.2) is 8.42 Å². The van der Waals surface area contributed by atoms with Crippen LogP contribution in [0, 0.1) is 17.8 Å². The van der Waals surface area contributed by atoms with Crippen LogP contribution < -0.4 is 10.1 Å². The van der Waals surface area contributed by atoms with Crippen LogP contribution in [0.3, 0.4) is 0 Å². The van der Waals surface area contributed by atoms with E-state index in [1.54, 1.807) is 16.4 Å². The Hall–Kier alpha value is -1.60. The minimum atomic E-state index is -3.73. The number of hydrogen-bond donors (Lipinski definition) is 1. The van der Waals surface area contributed by atoms with E-state index in [2.05, 4.69) is 12.2 Å². The molecule has 30 heavy (non-hydrogen) atoms. The zero-order valence-electron chi connectivity index (χ0n) is 18.3. The molecular weight excluding hydrogens is 400 g/mol. The van der Waals surface area contributed by atoms with Crippen molar-refractivity contribution in [3.05, 3.63) is 23.8 Å². The van der Waals surface area contributed by atoms with E-state index >= 15 is 0 Å². The first-order valence-corrected chi connectivity index (χ1v) is 12.8. The molecule has 166 valence electrons. The van der Waals surface area contributed by atoms with Crippen LogP contribution in [-0.4, -0.2) is 44.4 Å². The summed E-state index contributed by atoms with van der Waals surface area (Å²) in [6, 6.07) is 4.78. The summed E-state index contributed by atoms with van der Waals surface area (Å²) in [4.78, 5) is 13.1. The molecule has 0 aromatic heterocycles. The van der Waals surface area contributed by atoms with Crippen LogP contribution in [0.5, 0.6) is 5.75 Å². The van der Waals surface area contributed by atoms with Crippen LogP contribution in [0.4, 0.5) is 0 Å². The number of carbonyl (C=O) groups is 1. The quantitative estimate of drug-likeness (QED) is 0.739. The van der Waals surface area contributed by atoms with E-state index in [0.717, 1.165) is 31.1 Å². The van der Waals surface area contributed by atoms with Gasteiger partial charge in [0.05, 0.1) is 7.11 Å². The lowest BCUT2D eigenvalue weighted by Gasteiger charge is -2.32. The van der Waals surface area contributed by atoms with Gasteiger partial charge in [-0.15, -0.1) is 0 Å². The van der Waals surface area contributed by atoms with Gasteiger partial charge in [0.1, 0.15) is 10.6 Å². The number of benzene rings is 1. The fourth-order valence-corrected chi connectivity index (χ4v) is 7.76. The van der Waals surface area contributed by atoms with Crippen LogP contribution in [0.2, 0.25) is 0 Å². The molecule has 5 atom stereocenters. The molecule has 1 aliphatic heterocycles. The van der Waals surface area contributed by atoms with E-state index in [1.807, 2.05) is 6.92 Å². The Kier molecular flexibility index (Phi) is 6.13. The van der Waals surface area contributed by atoms with Crippen molar-refractivity contribution in [2.24, 2.45) is 17.8 Å². The number of hydrogen-bond acceptors (Lipinski definition) is 4. The van der Waals surface area contributed by atoms with Crippen LogP contribution in [0.25, 0.3) is 0 Å². The number of rotatable bonds is 6. The first-order valence-electron chi connectivity index (χ1n) is 11.3. The molecule has 1 amide bonds. The van der Waals surface area contributed by atoms with E-state index in [4.69, 9.17) is 4.74 Å². The van der Waals surface area contributed by atoms with E-state index in [-0.39, 0.29) is 28.6 Å². The third-order valence-corrected chi connectivity index (χ3v) is 9.58. The second-order valence-corrected chi connectivity index (χ2v) is 11.3. The molecule has 3 fully saturated rings. The second-order valence-electron chi connectivity index (χ2n) is 9.43. The molecule has 1 heterocycles. The lowest BCUT2D eigenvalue weighted by molar-refractivity contribution is 0.0915. The molecule has 0 spiro atoms. The van der Waals surface area contributed by atoms with Gasteiger partial charge in [0, 0.05) is 24.2 Å². The van der Waals surface area contributed by atoms with Gasteiger partial charge in [0.2, 0.25) is 10.0 Å². The molecule has 2 aliphatic carbocycles. The van der Waals surface area contributed by atoms with E-state index < -0.39 is 10.0 Å². The number of piperidine rings is 1. The van der Waals surface area contributed by atoms with Crippen molar-refractivity contribution < 1.29 is 17.9 Å². The second kappa shape index (κ2) is 8.50. The maximum absolute atomic E-state index is 13.4. The number of carbonyl (C=O) groups excluding carboxylic acids is 1. The fraction of sp³-hybridized carbons (Fsp3) is 0.696. The zero-order chi connectivity index (χ0) is 21.5. The Bertz CT molecular complexity index is 900. The van der Waals surface area contributed by atoms with Gasteiger partial charge >= 0.3 is 0 Å². The number of fused-ring (bicyclic) bond motifs is 2. The number of amides is 1. The molecule has 3 aliphatic rings. The summed E-state index contributed by atoms with van der Waals surface area (Å²) >= 11 is 0. The average molecular weight is 435 g/mol. The molecule has 0 radical (unpaired) electrons. The number of nitrogens with zero attached hydrogens (tertiary/aromatic N) is 1. The van der Waals surface area contributed by atoms with Gasteiger partial charge in [0.25, 0.3) is 5.91 Å². The van der Waals surface area contributed by atoms with Crippen molar-refractivity contribution in [3.63, 3.8) is 0 Å². The lowest BCUT2D eigenvalue weighted by atomic mass is 9.84. The number of ether oxygens (including phenoxy) is 1. The monoisotopic (exact) mass is 434 g/mol. The summed E-state index contributed by atoms with van der Waals surface area (Å²) in [5, 5.41) is 3.14. The summed E-state index contributed by atoms with van der Waals surface area (Å²) < 4.78 is 33.7. The smallest absolute Gasteiger partial charge is 0.251 e. The van der Waals surface area contributed by atoms with Crippen molar-refractivity contribution >= 4 is 15.9 Å². The Morgan fingerprint density at radius 2 is 2.00 bits per heavy atom. The summed E-state index contributed by atoms with van der Waals surface area (Å²) in [5.41, 5.74) is 0.369. The van der Waals surface area contributed by atoms with Gasteiger partial charge in [-0.2, -0.15) is 4.31 Å². The minimum absolute atomic E-state index is 0.0521. The van der Waals surface area contributed by atoms with Crippen LogP contribution in [0.15, 0.2) is 23.1 Å². The summed E-state index contributed by atoms with van der Waals surface area (Å²) in [6.45, 7) is 4.53. The highest BCUT2D eigenvalue weighted by molar-refractivity contribution is 7.89. The standard InChI is InChI=1S/C23H34N2O4S/c1-15-6-4-5-11-25(15)30(27,28)22-14-19(9-10-21(22)29-3)23(26)24-16(2)20-13-17-7-8-18(20)12-17/h9-10,14-18,20H,4-8,11-13H2,1-3H3,(H,24,26). The van der Waals surface area contributed by atoms with Gasteiger partial charge in [0.15, 0.2) is 0 Å². The first-order chi connectivity index (χ1) is 14.3. The number of nitrogens with one attached hydrogen (secondary N) is 1. The summed E-state index contributed by atoms with van der Waals surface area (Å²) in [5.74, 6) is 2.14. The third kappa shape index (κ3) is 3.98. The summed E-state index contributed by atoms with van der Waals surface area (Å²) in [6.07, 6.45) is 7.83. The fourth-order valence-electron chi connectivity index (χ4n) is 5.88. The molecule has 2 saturated carbocycles. The van der Waals surface area contributed by atoms with Crippen LogP contribution >= 0.6 is 0 Å². The predicted molar refractivity (Wildman–Crippen MR) is 116 cm³/mol. The molecule has 4 rings (SSSR count). The minimum Gasteiger partial charge on any atom is -0.495 e. The first kappa shape index (κ1) is 21.6. The zero-order valence-corrected chi connectivity index (χ0v) is 19.1. The highest BCUT2D eigenvalue weighted by Gasteiger charge is 2.42. The van der Waals surface area contributed by atoms with E-state index in [9.17, 15) is 13.2 Å². The van der Waals surface area contributed by atoms with Crippen molar-refractivity contribution in [1.29, 1.82) is 0 Å². The molecule has 5 unspecified atom stereocenters. The number of sulfonamides is 1. The van der Waals surface area contributed by atoms with Crippen molar-refractivity contribution in [2.45, 2.75) is 75.8 Å². The SMILES string of the molecule is COc1ccc(C(=O)NC(C)C2CC3CCC2C3)cc1S(=O)(=O)N1CCCCC1C. The third-order valence-electron chi connectivity index (χ3n) is 7.55. The number of methoxy groups -OCH3 is 1. The highest BCUT2D eigenvalue weighted by Crippen LogP contribution is 2.49. The molecule has 1 saturated heterocycles. The normalized spacial score (nSPS) is 30.2. The van der Waals surface area contributed by atoms with Crippen molar-refractivity contribution in [2.75, 3.05) is 13.7 Å². The Morgan fingerprint density at radius 3 is 2.63 bits per heavy atom. The van der Waals surface area contributed by atoms with Crippen molar-refractivity contribution in [3.8, 4) is 5.75 Å². The molecule has 7 heteroatoms. The molecule has 1 aromatic carbocycles. The van der Waals surface area contributed by atoms with Gasteiger partial charge < -0.3 is 10.1 Å². The molecule has 1 aromatic rings. The largest absolute Gasteiger partial charge is 0.495 e. The lowest BCUT2D eigenvalue weighted by Crippen LogP contribution is -2.42. The molecular formula is C23H34N2O4S. The van der Waals surface area contributed by atoms with Crippen LogP contribution in [-0.2, 0) is 10.0 Å². The maximum atomic E-state index is 13.4. The molecule has 1 N–H and O–H groups in total. The summed E-state index contributed by atoms with van der Waals surface area (Å²) in [7, 11) is -2.27. The molecule has 6 nitrogen and oxygen atoms in total. The molecule has 2 bridgehead atoms. The highest BCUT2D eigenvalue weighted by atomic mass is 32.2.